The van der Waals surface area contributed by atoms with Gasteiger partial charge >= 0.3 is 0 Å². The molecule has 0 aliphatic carbocycles. The number of amides is 1. The number of carbonyl (C=O) groups is 1. The zero-order valence-electron chi connectivity index (χ0n) is 13.2. The Morgan fingerprint density at radius 3 is 2.50 bits per heavy atom. The summed E-state index contributed by atoms with van der Waals surface area (Å²) >= 11 is 0. The molecule has 22 heavy (non-hydrogen) atoms. The van der Waals surface area contributed by atoms with Crippen LogP contribution in [0.3, 0.4) is 0 Å². The molecule has 0 fully saturated rings. The van der Waals surface area contributed by atoms with E-state index in [2.05, 4.69) is 0 Å². The number of carbonyl (C=O) groups excluding carboxylic acids is 1. The molecule has 1 amide bonds. The molecule has 2 aromatic rings. The van der Waals surface area contributed by atoms with E-state index in [1.54, 1.807) is 42.5 Å². The lowest BCUT2D eigenvalue weighted by molar-refractivity contribution is 0.0775. The molecule has 5 nitrogen and oxygen atoms in total. The van der Waals surface area contributed by atoms with Gasteiger partial charge in [-0.15, -0.1) is 0 Å². The fraction of sp³-hybridized carbons (Fsp3) is 0.353. The minimum absolute atomic E-state index is 0.0969. The van der Waals surface area contributed by atoms with Gasteiger partial charge in [-0.3, -0.25) is 4.79 Å². The van der Waals surface area contributed by atoms with Crippen LogP contribution in [0, 0.1) is 0 Å². The van der Waals surface area contributed by atoms with Crippen molar-refractivity contribution in [3.8, 4) is 11.5 Å². The lowest BCUT2D eigenvalue weighted by atomic mass is 10.1. The van der Waals surface area contributed by atoms with Crippen LogP contribution in [-0.2, 0) is 6.54 Å². The van der Waals surface area contributed by atoms with Crippen molar-refractivity contribution in [2.45, 2.75) is 20.4 Å². The Balaban J connectivity index is 2.16. The smallest absolute Gasteiger partial charge is 0.254 e. The van der Waals surface area contributed by atoms with Gasteiger partial charge in [0, 0.05) is 12.6 Å². The van der Waals surface area contributed by atoms with Crippen LogP contribution >= 0.6 is 0 Å². The maximum Gasteiger partial charge on any atom is 0.254 e. The maximum absolute atomic E-state index is 12.5. The molecule has 0 aliphatic rings. The van der Waals surface area contributed by atoms with Crippen LogP contribution in [0.15, 0.2) is 41.0 Å². The van der Waals surface area contributed by atoms with E-state index in [9.17, 15) is 4.79 Å². The first-order valence-electron chi connectivity index (χ1n) is 7.33. The van der Waals surface area contributed by atoms with Gasteiger partial charge in [0.15, 0.2) is 11.5 Å². The Kier molecular flexibility index (Phi) is 5.47. The van der Waals surface area contributed by atoms with E-state index in [0.29, 0.717) is 36.8 Å². The molecule has 1 aromatic carbocycles. The largest absolute Gasteiger partial charge is 0.490 e. The minimum atomic E-state index is -0.0969. The van der Waals surface area contributed by atoms with Crippen molar-refractivity contribution in [2.24, 2.45) is 0 Å². The summed E-state index contributed by atoms with van der Waals surface area (Å²) in [5.74, 6) is 1.88. The van der Waals surface area contributed by atoms with Gasteiger partial charge in [-0.25, -0.2) is 0 Å². The van der Waals surface area contributed by atoms with Crippen molar-refractivity contribution >= 4 is 5.91 Å². The number of rotatable bonds is 7. The monoisotopic (exact) mass is 303 g/mol. The summed E-state index contributed by atoms with van der Waals surface area (Å²) in [6.45, 7) is 5.29. The molecule has 0 aliphatic heterocycles. The van der Waals surface area contributed by atoms with Crippen LogP contribution in [0.4, 0.5) is 0 Å². The SMILES string of the molecule is CCOc1ccc(C(=O)N(C)Cc2ccco2)cc1OCC. The van der Waals surface area contributed by atoms with Crippen molar-refractivity contribution in [1.29, 1.82) is 0 Å². The quantitative estimate of drug-likeness (QED) is 0.787. The van der Waals surface area contributed by atoms with Crippen molar-refractivity contribution < 1.29 is 18.7 Å². The summed E-state index contributed by atoms with van der Waals surface area (Å²) in [6.07, 6.45) is 1.59. The summed E-state index contributed by atoms with van der Waals surface area (Å²) < 4.78 is 16.3. The highest BCUT2D eigenvalue weighted by molar-refractivity contribution is 5.94. The van der Waals surface area contributed by atoms with E-state index in [4.69, 9.17) is 13.9 Å². The average molecular weight is 303 g/mol. The number of hydrogen-bond donors (Lipinski definition) is 0. The van der Waals surface area contributed by atoms with Gasteiger partial charge in [-0.2, -0.15) is 0 Å². The predicted molar refractivity (Wildman–Crippen MR) is 83.3 cm³/mol. The Bertz CT molecular complexity index is 607. The van der Waals surface area contributed by atoms with Crippen LogP contribution in [0.25, 0.3) is 0 Å². The van der Waals surface area contributed by atoms with Gasteiger partial charge in [-0.05, 0) is 44.2 Å². The molecule has 118 valence electrons. The molecule has 2 rings (SSSR count). The lowest BCUT2D eigenvalue weighted by Gasteiger charge is -2.17. The molecule has 1 aromatic heterocycles. The molecule has 0 unspecified atom stereocenters. The van der Waals surface area contributed by atoms with Crippen LogP contribution in [-0.4, -0.2) is 31.1 Å². The molecule has 0 saturated carbocycles. The van der Waals surface area contributed by atoms with Gasteiger partial charge in [0.05, 0.1) is 26.0 Å². The summed E-state index contributed by atoms with van der Waals surface area (Å²) in [5.41, 5.74) is 0.556. The highest BCUT2D eigenvalue weighted by atomic mass is 16.5. The molecule has 1 heterocycles. The summed E-state index contributed by atoms with van der Waals surface area (Å²) in [4.78, 5) is 14.1. The molecule has 0 radical (unpaired) electrons. The predicted octanol–water partition coefficient (Wildman–Crippen LogP) is 3.35. The molecule has 0 bridgehead atoms. The third-order valence-corrected chi connectivity index (χ3v) is 3.11. The fourth-order valence-electron chi connectivity index (χ4n) is 2.11. The van der Waals surface area contributed by atoms with Gasteiger partial charge in [0.1, 0.15) is 5.76 Å². The normalized spacial score (nSPS) is 10.3. The van der Waals surface area contributed by atoms with Gasteiger partial charge in [0.25, 0.3) is 5.91 Å². The average Bonchev–Trinajstić information content (AvgIpc) is 3.01. The Morgan fingerprint density at radius 1 is 1.14 bits per heavy atom. The molecule has 5 heteroatoms. The first kappa shape index (κ1) is 15.9. The fourth-order valence-corrected chi connectivity index (χ4v) is 2.11. The minimum Gasteiger partial charge on any atom is -0.490 e. The molecule has 0 N–H and O–H groups in total. The Morgan fingerprint density at radius 2 is 1.86 bits per heavy atom. The number of hydrogen-bond acceptors (Lipinski definition) is 4. The van der Waals surface area contributed by atoms with Crippen molar-refractivity contribution in [2.75, 3.05) is 20.3 Å². The highest BCUT2D eigenvalue weighted by Crippen LogP contribution is 2.29. The Hall–Kier alpha value is -2.43. The summed E-state index contributed by atoms with van der Waals surface area (Å²) in [6, 6.07) is 8.87. The van der Waals surface area contributed by atoms with E-state index in [0.717, 1.165) is 5.76 Å². The first-order chi connectivity index (χ1) is 10.7. The van der Waals surface area contributed by atoms with Gasteiger partial charge in [0.2, 0.25) is 0 Å². The van der Waals surface area contributed by atoms with Crippen LogP contribution in [0.1, 0.15) is 30.0 Å². The molecule has 0 saturated heterocycles. The van der Waals surface area contributed by atoms with E-state index in [1.807, 2.05) is 19.9 Å². The van der Waals surface area contributed by atoms with Gasteiger partial charge in [-0.1, -0.05) is 0 Å². The van der Waals surface area contributed by atoms with E-state index >= 15 is 0 Å². The zero-order chi connectivity index (χ0) is 15.9. The van der Waals surface area contributed by atoms with Crippen LogP contribution < -0.4 is 9.47 Å². The second-order valence-electron chi connectivity index (χ2n) is 4.77. The van der Waals surface area contributed by atoms with Crippen molar-refractivity contribution in [3.05, 3.63) is 47.9 Å². The summed E-state index contributed by atoms with van der Waals surface area (Å²) in [7, 11) is 1.74. The number of furan rings is 1. The topological polar surface area (TPSA) is 51.9 Å². The van der Waals surface area contributed by atoms with Crippen molar-refractivity contribution in [3.63, 3.8) is 0 Å². The van der Waals surface area contributed by atoms with Crippen molar-refractivity contribution in [1.82, 2.24) is 4.90 Å². The van der Waals surface area contributed by atoms with Crippen LogP contribution in [0.2, 0.25) is 0 Å². The maximum atomic E-state index is 12.5. The molecular formula is C17H21NO4. The zero-order valence-corrected chi connectivity index (χ0v) is 13.2. The standard InChI is InChI=1S/C17H21NO4/c1-4-20-15-9-8-13(11-16(15)21-5-2)17(19)18(3)12-14-7-6-10-22-14/h6-11H,4-5,12H2,1-3H3. The van der Waals surface area contributed by atoms with Gasteiger partial charge < -0.3 is 18.8 Å². The molecule has 0 atom stereocenters. The third kappa shape index (κ3) is 3.81. The number of ether oxygens (including phenoxy) is 2. The van der Waals surface area contributed by atoms with E-state index in [-0.39, 0.29) is 5.91 Å². The van der Waals surface area contributed by atoms with E-state index in [1.165, 1.54) is 0 Å². The highest BCUT2D eigenvalue weighted by Gasteiger charge is 2.16. The first-order valence-corrected chi connectivity index (χ1v) is 7.33. The molecular weight excluding hydrogens is 282 g/mol. The van der Waals surface area contributed by atoms with E-state index < -0.39 is 0 Å². The third-order valence-electron chi connectivity index (χ3n) is 3.11. The van der Waals surface area contributed by atoms with Crippen LogP contribution in [0.5, 0.6) is 11.5 Å². The lowest BCUT2D eigenvalue weighted by Crippen LogP contribution is -2.26. The second-order valence-corrected chi connectivity index (χ2v) is 4.77. The Labute approximate surface area is 130 Å². The molecule has 0 spiro atoms. The summed E-state index contributed by atoms with van der Waals surface area (Å²) in [5, 5.41) is 0. The number of benzene rings is 1. The second kappa shape index (κ2) is 7.54. The number of nitrogens with zero attached hydrogens (tertiary/aromatic N) is 1.